The molecule has 0 saturated heterocycles. The fourth-order valence-corrected chi connectivity index (χ4v) is 14.9. The standard InChI is InChI=1S/C80H62N6/c1-78(2,3)48-39-57(47-33-35-68-59(38-47)55-29-19-21-31-66(55)84(68)52-25-14-11-15-26-52)72-60(40-48)61-41-49(79(4,5)6)43-63-70-76(85(72)73(61)63)81-71-64-44-50(80(7,8)9)42-62-69-53-27-17-16-22-45(53)36-56(75(69)86(74(62)64)77(71)82-70)46-32-34-67-58(37-46)54-28-18-20-30-65(54)83(67)51-23-12-10-13-24-51/h10-44H,1-9H3. The molecule has 0 unspecified atom stereocenters. The number of rotatable bonds is 4. The van der Waals surface area contributed by atoms with E-state index in [1.54, 1.807) is 0 Å². The van der Waals surface area contributed by atoms with E-state index < -0.39 is 0 Å². The maximum Gasteiger partial charge on any atom is 0.165 e. The van der Waals surface area contributed by atoms with E-state index in [1.807, 2.05) is 0 Å². The molecule has 412 valence electrons. The molecule has 0 aliphatic heterocycles. The molecule has 18 rings (SSSR count). The van der Waals surface area contributed by atoms with Gasteiger partial charge in [0.05, 0.1) is 44.1 Å². The average molecular weight is 1110 g/mol. The minimum atomic E-state index is -0.159. The van der Waals surface area contributed by atoms with Crippen molar-refractivity contribution in [1.29, 1.82) is 0 Å². The second-order valence-corrected chi connectivity index (χ2v) is 27.5. The van der Waals surface area contributed by atoms with Crippen LogP contribution in [0.15, 0.2) is 212 Å². The number of para-hydroxylation sites is 4. The quantitative estimate of drug-likeness (QED) is 0.176. The molecule has 0 atom stereocenters. The molecule has 0 radical (unpaired) electrons. The van der Waals surface area contributed by atoms with Crippen molar-refractivity contribution in [3.63, 3.8) is 0 Å². The fraction of sp³-hybridized carbons (Fsp3) is 0.150. The normalized spacial score (nSPS) is 13.2. The Morgan fingerprint density at radius 3 is 1.21 bits per heavy atom. The van der Waals surface area contributed by atoms with Crippen LogP contribution >= 0.6 is 0 Å². The van der Waals surface area contributed by atoms with Crippen molar-refractivity contribution >= 4 is 131 Å². The molecule has 0 bridgehead atoms. The van der Waals surface area contributed by atoms with Gasteiger partial charge in [-0.25, -0.2) is 9.97 Å². The maximum atomic E-state index is 6.11. The Morgan fingerprint density at radius 1 is 0.291 bits per heavy atom. The van der Waals surface area contributed by atoms with Crippen LogP contribution in [0, 0.1) is 0 Å². The molecule has 6 nitrogen and oxygen atoms in total. The molecule has 86 heavy (non-hydrogen) atoms. The second kappa shape index (κ2) is 16.9. The molecule has 0 saturated carbocycles. The van der Waals surface area contributed by atoms with Crippen molar-refractivity contribution in [1.82, 2.24) is 27.9 Å². The van der Waals surface area contributed by atoms with Crippen LogP contribution in [-0.4, -0.2) is 27.9 Å². The van der Waals surface area contributed by atoms with E-state index in [2.05, 4.69) is 293 Å². The molecule has 6 heteroatoms. The first kappa shape index (κ1) is 49.4. The van der Waals surface area contributed by atoms with Gasteiger partial charge in [0.15, 0.2) is 11.3 Å². The summed E-state index contributed by atoms with van der Waals surface area (Å²) in [6, 6.07) is 79.7. The molecular formula is C80H62N6. The van der Waals surface area contributed by atoms with Gasteiger partial charge < -0.3 is 9.13 Å². The number of nitrogens with zero attached hydrogens (tertiary/aromatic N) is 6. The van der Waals surface area contributed by atoms with E-state index in [1.165, 1.54) is 115 Å². The predicted molar refractivity (Wildman–Crippen MR) is 365 cm³/mol. The van der Waals surface area contributed by atoms with Gasteiger partial charge in [-0.2, -0.15) is 0 Å². The Morgan fingerprint density at radius 2 is 0.686 bits per heavy atom. The third kappa shape index (κ3) is 6.67. The molecule has 18 aromatic rings. The topological polar surface area (TPSA) is 44.5 Å². The average Bonchev–Trinajstić information content (AvgIpc) is 1.59. The van der Waals surface area contributed by atoms with Crippen molar-refractivity contribution in [2.45, 2.75) is 78.6 Å². The third-order valence-electron chi connectivity index (χ3n) is 19.2. The molecular weight excluding hydrogens is 1040 g/mol. The third-order valence-corrected chi connectivity index (χ3v) is 19.2. The highest BCUT2D eigenvalue weighted by Gasteiger charge is 2.32. The van der Waals surface area contributed by atoms with Crippen LogP contribution in [0.5, 0.6) is 0 Å². The van der Waals surface area contributed by atoms with E-state index in [4.69, 9.17) is 9.97 Å². The van der Waals surface area contributed by atoms with Crippen LogP contribution in [0.1, 0.15) is 79.0 Å². The highest BCUT2D eigenvalue weighted by atomic mass is 15.1. The Hall–Kier alpha value is -10.0. The maximum absolute atomic E-state index is 6.11. The minimum Gasteiger partial charge on any atom is -0.309 e. The molecule has 7 aromatic heterocycles. The lowest BCUT2D eigenvalue weighted by atomic mass is 9.83. The predicted octanol–water partition coefficient (Wildman–Crippen LogP) is 21.4. The summed E-state index contributed by atoms with van der Waals surface area (Å²) in [7, 11) is 0. The molecule has 0 amide bonds. The molecule has 11 aromatic carbocycles. The van der Waals surface area contributed by atoms with Crippen LogP contribution in [0.4, 0.5) is 0 Å². The fourth-order valence-electron chi connectivity index (χ4n) is 14.9. The smallest absolute Gasteiger partial charge is 0.165 e. The van der Waals surface area contributed by atoms with Crippen molar-refractivity contribution in [2.75, 3.05) is 0 Å². The largest absolute Gasteiger partial charge is 0.309 e. The van der Waals surface area contributed by atoms with Crippen molar-refractivity contribution in [3.05, 3.63) is 229 Å². The molecule has 0 aliphatic carbocycles. The van der Waals surface area contributed by atoms with Crippen LogP contribution in [-0.2, 0) is 16.2 Å². The van der Waals surface area contributed by atoms with Crippen LogP contribution in [0.2, 0.25) is 0 Å². The molecule has 0 N–H and O–H groups in total. The number of hydrogen-bond acceptors (Lipinski definition) is 2. The number of benzene rings is 11. The van der Waals surface area contributed by atoms with Gasteiger partial charge in [-0.1, -0.05) is 172 Å². The van der Waals surface area contributed by atoms with Gasteiger partial charge in [-0.15, -0.1) is 0 Å². The first-order valence-corrected chi connectivity index (χ1v) is 30.4. The zero-order chi connectivity index (χ0) is 58.0. The van der Waals surface area contributed by atoms with Crippen LogP contribution < -0.4 is 0 Å². The second-order valence-electron chi connectivity index (χ2n) is 27.5. The summed E-state index contributed by atoms with van der Waals surface area (Å²) in [5.41, 5.74) is 23.4. The first-order chi connectivity index (χ1) is 41.6. The summed E-state index contributed by atoms with van der Waals surface area (Å²) < 4.78 is 9.83. The van der Waals surface area contributed by atoms with Gasteiger partial charge in [0.1, 0.15) is 11.0 Å². The lowest BCUT2D eigenvalue weighted by molar-refractivity contribution is 0.591. The Labute approximate surface area is 497 Å². The highest BCUT2D eigenvalue weighted by molar-refractivity contribution is 6.32. The molecule has 7 heterocycles. The van der Waals surface area contributed by atoms with Gasteiger partial charge in [0.25, 0.3) is 0 Å². The minimum absolute atomic E-state index is 0.130. The van der Waals surface area contributed by atoms with E-state index in [9.17, 15) is 0 Å². The summed E-state index contributed by atoms with van der Waals surface area (Å²) in [6.45, 7) is 21.1. The van der Waals surface area contributed by atoms with Crippen molar-refractivity contribution < 1.29 is 0 Å². The van der Waals surface area contributed by atoms with Crippen LogP contribution in [0.3, 0.4) is 0 Å². The zero-order valence-electron chi connectivity index (χ0n) is 49.9. The SMILES string of the molecule is CC(C)(C)c1cc(-c2ccc3c(c2)c2ccccc2n3-c2ccccc2)c2c(c1)c1cc(C(C)(C)C)cc3c4nc5c(nc4n2c13)c1cc(C(C)(C)C)cc2c3c4ccccc4cc(-c4ccc6c(c4)c4ccccc4n6-c4ccccc4)c3n5c12. The van der Waals surface area contributed by atoms with E-state index >= 15 is 0 Å². The number of hydrogen-bond donors (Lipinski definition) is 0. The monoisotopic (exact) mass is 1110 g/mol. The summed E-state index contributed by atoms with van der Waals surface area (Å²) in [5.74, 6) is 0. The highest BCUT2D eigenvalue weighted by Crippen LogP contribution is 2.51. The van der Waals surface area contributed by atoms with Gasteiger partial charge in [0, 0.05) is 76.4 Å². The van der Waals surface area contributed by atoms with Crippen LogP contribution in [0.25, 0.3) is 165 Å². The van der Waals surface area contributed by atoms with Crippen molar-refractivity contribution in [2.24, 2.45) is 0 Å². The molecule has 0 aliphatic rings. The zero-order valence-corrected chi connectivity index (χ0v) is 49.9. The lowest BCUT2D eigenvalue weighted by Crippen LogP contribution is -2.11. The first-order valence-electron chi connectivity index (χ1n) is 30.4. The molecule has 0 spiro atoms. The Balaban J connectivity index is 0.987. The summed E-state index contributed by atoms with van der Waals surface area (Å²) in [4.78, 5) is 12.2. The van der Waals surface area contributed by atoms with Gasteiger partial charge in [-0.3, -0.25) is 8.80 Å². The van der Waals surface area contributed by atoms with Crippen molar-refractivity contribution in [3.8, 4) is 33.6 Å². The summed E-state index contributed by atoms with van der Waals surface area (Å²) in [5, 5.41) is 14.6. The van der Waals surface area contributed by atoms with E-state index in [0.29, 0.717) is 0 Å². The van der Waals surface area contributed by atoms with E-state index in [-0.39, 0.29) is 16.2 Å². The van der Waals surface area contributed by atoms with Gasteiger partial charge in [-0.05, 0) is 158 Å². The molecule has 0 fully saturated rings. The number of aromatic nitrogens is 6. The van der Waals surface area contributed by atoms with E-state index in [0.717, 1.165) is 66.6 Å². The Kier molecular flexibility index (Phi) is 9.68. The lowest BCUT2D eigenvalue weighted by Gasteiger charge is -2.21. The van der Waals surface area contributed by atoms with Gasteiger partial charge >= 0.3 is 0 Å². The van der Waals surface area contributed by atoms with Gasteiger partial charge in [0.2, 0.25) is 0 Å². The summed E-state index contributed by atoms with van der Waals surface area (Å²) in [6.07, 6.45) is 0. The Bertz CT molecular complexity index is 5930. The number of fused-ring (bicyclic) bond motifs is 20. The summed E-state index contributed by atoms with van der Waals surface area (Å²) >= 11 is 0.